The van der Waals surface area contributed by atoms with Crippen LogP contribution < -0.4 is 20.1 Å². The molecule has 3 rings (SSSR count). The Balaban J connectivity index is 1.68. The second-order valence-electron chi connectivity index (χ2n) is 4.78. The summed E-state index contributed by atoms with van der Waals surface area (Å²) in [5.41, 5.74) is 6.35. The molecule has 0 saturated carbocycles. The molecular weight excluding hydrogens is 292 g/mol. The molecule has 0 fully saturated rings. The van der Waals surface area contributed by atoms with E-state index in [4.69, 9.17) is 26.8 Å². The molecule has 1 atom stereocenters. The summed E-state index contributed by atoms with van der Waals surface area (Å²) in [6.07, 6.45) is 1.58. The van der Waals surface area contributed by atoms with E-state index in [1.54, 1.807) is 18.3 Å². The van der Waals surface area contributed by atoms with E-state index in [1.807, 2.05) is 24.1 Å². The number of halogens is 1. The summed E-state index contributed by atoms with van der Waals surface area (Å²) in [5.74, 6) is 2.07. The minimum absolute atomic E-state index is 0.0426. The van der Waals surface area contributed by atoms with Gasteiger partial charge in [0.1, 0.15) is 19.0 Å². The van der Waals surface area contributed by atoms with Gasteiger partial charge >= 0.3 is 0 Å². The lowest BCUT2D eigenvalue weighted by atomic mass is 10.2. The fourth-order valence-corrected chi connectivity index (χ4v) is 2.21. The maximum Gasteiger partial charge on any atom is 0.224 e. The normalized spacial score (nSPS) is 17.0. The Kier molecular flexibility index (Phi) is 3.70. The fraction of sp³-hybridized carbons (Fsp3) is 0.286. The lowest BCUT2D eigenvalue weighted by Crippen LogP contribution is -2.44. The lowest BCUT2D eigenvalue weighted by Gasteiger charge is -2.34. The van der Waals surface area contributed by atoms with Gasteiger partial charge in [0.25, 0.3) is 0 Å². The van der Waals surface area contributed by atoms with Gasteiger partial charge in [-0.1, -0.05) is 0 Å². The summed E-state index contributed by atoms with van der Waals surface area (Å²) in [6, 6.07) is 7.33. The van der Waals surface area contributed by atoms with Crippen molar-refractivity contribution < 1.29 is 9.47 Å². The topological polar surface area (TPSA) is 73.5 Å². The van der Waals surface area contributed by atoms with Crippen molar-refractivity contribution in [3.8, 4) is 11.5 Å². The maximum atomic E-state index is 5.83. The van der Waals surface area contributed by atoms with Gasteiger partial charge in [-0.05, 0) is 35.9 Å². The minimum Gasteiger partial charge on any atom is -0.491 e. The van der Waals surface area contributed by atoms with E-state index in [1.165, 1.54) is 0 Å². The van der Waals surface area contributed by atoms with E-state index in [-0.39, 0.29) is 11.3 Å². The molecule has 1 aliphatic heterocycles. The smallest absolute Gasteiger partial charge is 0.224 e. The maximum absolute atomic E-state index is 5.83. The first-order valence-electron chi connectivity index (χ1n) is 6.50. The molecule has 0 radical (unpaired) electrons. The van der Waals surface area contributed by atoms with Crippen LogP contribution in [-0.4, -0.2) is 36.3 Å². The van der Waals surface area contributed by atoms with E-state index in [0.717, 1.165) is 5.75 Å². The summed E-state index contributed by atoms with van der Waals surface area (Å²) < 4.78 is 11.4. The molecule has 2 aromatic rings. The second-order valence-corrected chi connectivity index (χ2v) is 5.12. The van der Waals surface area contributed by atoms with Crippen molar-refractivity contribution >= 4 is 23.1 Å². The highest BCUT2D eigenvalue weighted by atomic mass is 35.5. The molecule has 7 heteroatoms. The van der Waals surface area contributed by atoms with Crippen LogP contribution in [0, 0.1) is 0 Å². The standard InChI is InChI=1S/C14H15ClN4O2/c1-19-10(7-20-11-4-2-9(16)3-5-11)8-21-12-6-17-14(15)18-13(12)19/h2-6,10H,7-8,16H2,1H3. The largest absolute Gasteiger partial charge is 0.491 e. The Morgan fingerprint density at radius 1 is 1.43 bits per heavy atom. The number of nitrogen functional groups attached to an aromatic ring is 1. The molecule has 21 heavy (non-hydrogen) atoms. The molecule has 6 nitrogen and oxygen atoms in total. The number of likely N-dealkylation sites (N-methyl/N-ethyl adjacent to an activating group) is 1. The predicted octanol–water partition coefficient (Wildman–Crippen LogP) is 1.99. The molecule has 0 amide bonds. The molecule has 2 heterocycles. The Hall–Kier alpha value is -2.21. The zero-order chi connectivity index (χ0) is 14.8. The summed E-state index contributed by atoms with van der Waals surface area (Å²) >= 11 is 5.83. The third-order valence-electron chi connectivity index (χ3n) is 3.34. The molecule has 0 saturated heterocycles. The van der Waals surface area contributed by atoms with E-state index in [0.29, 0.717) is 30.5 Å². The van der Waals surface area contributed by atoms with Crippen molar-refractivity contribution in [1.82, 2.24) is 9.97 Å². The van der Waals surface area contributed by atoms with Gasteiger partial charge in [-0.15, -0.1) is 0 Å². The third kappa shape index (κ3) is 2.95. The molecule has 0 bridgehead atoms. The Morgan fingerprint density at radius 3 is 2.95 bits per heavy atom. The van der Waals surface area contributed by atoms with Crippen molar-refractivity contribution in [3.63, 3.8) is 0 Å². The number of benzene rings is 1. The fourth-order valence-electron chi connectivity index (χ4n) is 2.08. The highest BCUT2D eigenvalue weighted by Crippen LogP contribution is 2.31. The van der Waals surface area contributed by atoms with Gasteiger partial charge < -0.3 is 20.1 Å². The van der Waals surface area contributed by atoms with E-state index < -0.39 is 0 Å². The van der Waals surface area contributed by atoms with Gasteiger partial charge in [0, 0.05) is 12.7 Å². The van der Waals surface area contributed by atoms with Crippen molar-refractivity contribution in [1.29, 1.82) is 0 Å². The predicted molar refractivity (Wildman–Crippen MR) is 81.1 cm³/mol. The number of aromatic nitrogens is 2. The van der Waals surface area contributed by atoms with Gasteiger partial charge in [-0.2, -0.15) is 4.98 Å². The van der Waals surface area contributed by atoms with Crippen LogP contribution in [0.5, 0.6) is 11.5 Å². The highest BCUT2D eigenvalue weighted by molar-refractivity contribution is 6.28. The Labute approximate surface area is 127 Å². The second kappa shape index (κ2) is 5.65. The number of rotatable bonds is 3. The molecule has 1 aromatic carbocycles. The Morgan fingerprint density at radius 2 is 2.19 bits per heavy atom. The average Bonchev–Trinajstić information content (AvgIpc) is 2.49. The van der Waals surface area contributed by atoms with Crippen LogP contribution in [-0.2, 0) is 0 Å². The van der Waals surface area contributed by atoms with E-state index in [2.05, 4.69) is 9.97 Å². The van der Waals surface area contributed by atoms with Crippen molar-refractivity contribution in [2.75, 3.05) is 30.9 Å². The number of ether oxygens (including phenoxy) is 2. The molecular formula is C14H15ClN4O2. The van der Waals surface area contributed by atoms with Crippen LogP contribution in [0.4, 0.5) is 11.5 Å². The first-order valence-corrected chi connectivity index (χ1v) is 6.88. The van der Waals surface area contributed by atoms with Gasteiger partial charge in [0.2, 0.25) is 5.28 Å². The van der Waals surface area contributed by atoms with Crippen LogP contribution in [0.25, 0.3) is 0 Å². The quantitative estimate of drug-likeness (QED) is 0.690. The average molecular weight is 307 g/mol. The monoisotopic (exact) mass is 306 g/mol. The zero-order valence-electron chi connectivity index (χ0n) is 11.5. The Bertz CT molecular complexity index is 635. The number of nitrogens with zero attached hydrogens (tertiary/aromatic N) is 3. The zero-order valence-corrected chi connectivity index (χ0v) is 12.2. The van der Waals surface area contributed by atoms with Crippen LogP contribution >= 0.6 is 11.6 Å². The van der Waals surface area contributed by atoms with Crippen LogP contribution in [0.15, 0.2) is 30.5 Å². The minimum atomic E-state index is 0.0426. The number of nitrogens with two attached hydrogens (primary N) is 1. The van der Waals surface area contributed by atoms with E-state index >= 15 is 0 Å². The summed E-state index contributed by atoms with van der Waals surface area (Å²) in [6.45, 7) is 0.977. The first-order chi connectivity index (χ1) is 10.1. The number of fused-ring (bicyclic) bond motifs is 1. The lowest BCUT2D eigenvalue weighted by molar-refractivity contribution is 0.202. The van der Waals surface area contributed by atoms with Gasteiger partial charge in [0.05, 0.1) is 12.2 Å². The van der Waals surface area contributed by atoms with Crippen molar-refractivity contribution in [3.05, 3.63) is 35.7 Å². The molecule has 2 N–H and O–H groups in total. The summed E-state index contributed by atoms with van der Waals surface area (Å²) in [7, 11) is 1.93. The van der Waals surface area contributed by atoms with Gasteiger partial charge in [0.15, 0.2) is 11.6 Å². The van der Waals surface area contributed by atoms with Gasteiger partial charge in [-0.25, -0.2) is 4.98 Å². The van der Waals surface area contributed by atoms with Crippen molar-refractivity contribution in [2.24, 2.45) is 0 Å². The molecule has 110 valence electrons. The van der Waals surface area contributed by atoms with Crippen molar-refractivity contribution in [2.45, 2.75) is 6.04 Å². The molecule has 1 aromatic heterocycles. The molecule has 1 unspecified atom stereocenters. The van der Waals surface area contributed by atoms with E-state index in [9.17, 15) is 0 Å². The summed E-state index contributed by atoms with van der Waals surface area (Å²) in [5, 5.41) is 0.198. The summed E-state index contributed by atoms with van der Waals surface area (Å²) in [4.78, 5) is 10.1. The first kappa shape index (κ1) is 13.8. The van der Waals surface area contributed by atoms with Gasteiger partial charge in [-0.3, -0.25) is 0 Å². The molecule has 0 aliphatic carbocycles. The highest BCUT2D eigenvalue weighted by Gasteiger charge is 2.27. The number of hydrogen-bond acceptors (Lipinski definition) is 6. The SMILES string of the molecule is CN1c2nc(Cl)ncc2OCC1COc1ccc(N)cc1. The molecule has 0 spiro atoms. The molecule has 1 aliphatic rings. The number of anilines is 2. The van der Waals surface area contributed by atoms with Crippen LogP contribution in [0.3, 0.4) is 0 Å². The third-order valence-corrected chi connectivity index (χ3v) is 3.52. The number of hydrogen-bond donors (Lipinski definition) is 1. The van der Waals surface area contributed by atoms with Crippen LogP contribution in [0.1, 0.15) is 0 Å². The van der Waals surface area contributed by atoms with Crippen LogP contribution in [0.2, 0.25) is 5.28 Å².